The highest BCUT2D eigenvalue weighted by atomic mass is 16.5. The standard InChI is InChI=1S/C10H18N2O2/c1-7-2-9(3-7)14-6-10(13)12-8-4-11-5-8/h7-9,11H,2-6H2,1H3,(H,12,13). The molecule has 1 amide bonds. The highest BCUT2D eigenvalue weighted by Gasteiger charge is 2.27. The first-order chi connectivity index (χ1) is 6.74. The van der Waals surface area contributed by atoms with Crippen molar-refractivity contribution >= 4 is 5.91 Å². The Hall–Kier alpha value is -0.610. The van der Waals surface area contributed by atoms with E-state index in [1.165, 1.54) is 0 Å². The maximum atomic E-state index is 11.3. The second-order valence-electron chi connectivity index (χ2n) is 4.43. The smallest absolute Gasteiger partial charge is 0.246 e. The largest absolute Gasteiger partial charge is 0.368 e. The highest BCUT2D eigenvalue weighted by molar-refractivity contribution is 5.77. The summed E-state index contributed by atoms with van der Waals surface area (Å²) >= 11 is 0. The van der Waals surface area contributed by atoms with E-state index < -0.39 is 0 Å². The van der Waals surface area contributed by atoms with Crippen LogP contribution >= 0.6 is 0 Å². The summed E-state index contributed by atoms with van der Waals surface area (Å²) in [6.07, 6.45) is 2.55. The molecule has 0 aromatic heterocycles. The van der Waals surface area contributed by atoms with Gasteiger partial charge in [-0.25, -0.2) is 0 Å². The third-order valence-corrected chi connectivity index (χ3v) is 2.93. The van der Waals surface area contributed by atoms with Gasteiger partial charge in [-0.15, -0.1) is 0 Å². The zero-order valence-electron chi connectivity index (χ0n) is 8.58. The third-order valence-electron chi connectivity index (χ3n) is 2.93. The molecule has 0 radical (unpaired) electrons. The Morgan fingerprint density at radius 1 is 1.50 bits per heavy atom. The van der Waals surface area contributed by atoms with E-state index in [1.54, 1.807) is 0 Å². The molecule has 0 spiro atoms. The molecule has 4 nitrogen and oxygen atoms in total. The maximum absolute atomic E-state index is 11.3. The van der Waals surface area contributed by atoms with Crippen LogP contribution in [-0.2, 0) is 9.53 Å². The van der Waals surface area contributed by atoms with E-state index >= 15 is 0 Å². The second kappa shape index (κ2) is 4.28. The second-order valence-corrected chi connectivity index (χ2v) is 4.43. The van der Waals surface area contributed by atoms with Crippen LogP contribution in [0.3, 0.4) is 0 Å². The molecule has 2 N–H and O–H groups in total. The lowest BCUT2D eigenvalue weighted by molar-refractivity contribution is -0.131. The van der Waals surface area contributed by atoms with Gasteiger partial charge in [0.05, 0.1) is 12.1 Å². The van der Waals surface area contributed by atoms with Crippen molar-refractivity contribution in [1.29, 1.82) is 0 Å². The van der Waals surface area contributed by atoms with Gasteiger partial charge >= 0.3 is 0 Å². The Morgan fingerprint density at radius 2 is 2.21 bits per heavy atom. The van der Waals surface area contributed by atoms with Crippen LogP contribution < -0.4 is 10.6 Å². The first kappa shape index (κ1) is 9.93. The van der Waals surface area contributed by atoms with Gasteiger partial charge in [0.2, 0.25) is 5.91 Å². The molecule has 2 rings (SSSR count). The summed E-state index contributed by atoms with van der Waals surface area (Å²) in [7, 11) is 0. The molecule has 4 heteroatoms. The molecule has 2 aliphatic rings. The number of nitrogens with one attached hydrogen (secondary N) is 2. The number of carbonyl (C=O) groups is 1. The molecular formula is C10H18N2O2. The van der Waals surface area contributed by atoms with Gasteiger partial charge in [-0.05, 0) is 18.8 Å². The molecule has 0 unspecified atom stereocenters. The van der Waals surface area contributed by atoms with Crippen LogP contribution in [0.4, 0.5) is 0 Å². The average Bonchev–Trinajstić information content (AvgIpc) is 2.03. The van der Waals surface area contributed by atoms with Crippen molar-refractivity contribution < 1.29 is 9.53 Å². The van der Waals surface area contributed by atoms with Gasteiger partial charge in [-0.1, -0.05) is 6.92 Å². The van der Waals surface area contributed by atoms with E-state index in [0.717, 1.165) is 31.8 Å². The quantitative estimate of drug-likeness (QED) is 0.662. The predicted molar refractivity (Wildman–Crippen MR) is 52.9 cm³/mol. The Balaban J connectivity index is 1.53. The normalized spacial score (nSPS) is 31.8. The molecule has 80 valence electrons. The topological polar surface area (TPSA) is 50.4 Å². The molecule has 2 fully saturated rings. The van der Waals surface area contributed by atoms with Crippen LogP contribution in [0.5, 0.6) is 0 Å². The van der Waals surface area contributed by atoms with Crippen molar-refractivity contribution in [3.05, 3.63) is 0 Å². The zero-order chi connectivity index (χ0) is 9.97. The third kappa shape index (κ3) is 2.45. The predicted octanol–water partition coefficient (Wildman–Crippen LogP) is -0.110. The van der Waals surface area contributed by atoms with Crippen LogP contribution in [0, 0.1) is 5.92 Å². The summed E-state index contributed by atoms with van der Waals surface area (Å²) in [5, 5.41) is 6.01. The Bertz CT molecular complexity index is 210. The summed E-state index contributed by atoms with van der Waals surface area (Å²) < 4.78 is 5.45. The van der Waals surface area contributed by atoms with Crippen molar-refractivity contribution in [1.82, 2.24) is 10.6 Å². The van der Waals surface area contributed by atoms with Gasteiger partial charge in [-0.2, -0.15) is 0 Å². The molecule has 1 aliphatic heterocycles. The van der Waals surface area contributed by atoms with Gasteiger partial charge in [0, 0.05) is 13.1 Å². The van der Waals surface area contributed by atoms with E-state index in [1.807, 2.05) is 0 Å². The first-order valence-corrected chi connectivity index (χ1v) is 5.35. The van der Waals surface area contributed by atoms with Crippen molar-refractivity contribution in [2.45, 2.75) is 31.9 Å². The van der Waals surface area contributed by atoms with Gasteiger partial charge in [-0.3, -0.25) is 4.79 Å². The van der Waals surface area contributed by atoms with E-state index in [9.17, 15) is 4.79 Å². The molecule has 14 heavy (non-hydrogen) atoms. The molecule has 1 aliphatic carbocycles. The van der Waals surface area contributed by atoms with E-state index in [2.05, 4.69) is 17.6 Å². The lowest BCUT2D eigenvalue weighted by atomic mass is 9.84. The molecule has 0 atom stereocenters. The van der Waals surface area contributed by atoms with Crippen LogP contribution in [0.15, 0.2) is 0 Å². The van der Waals surface area contributed by atoms with Crippen molar-refractivity contribution in [2.75, 3.05) is 19.7 Å². The minimum atomic E-state index is 0.0241. The van der Waals surface area contributed by atoms with Gasteiger partial charge in [0.1, 0.15) is 6.61 Å². The summed E-state index contributed by atoms with van der Waals surface area (Å²) in [6, 6.07) is 0.325. The van der Waals surface area contributed by atoms with Crippen LogP contribution in [0.1, 0.15) is 19.8 Å². The minimum Gasteiger partial charge on any atom is -0.368 e. The zero-order valence-corrected chi connectivity index (χ0v) is 8.58. The molecule has 1 saturated carbocycles. The SMILES string of the molecule is CC1CC(OCC(=O)NC2CNC2)C1. The molecule has 1 heterocycles. The molecule has 0 bridgehead atoms. The van der Waals surface area contributed by atoms with Crippen molar-refractivity contribution in [2.24, 2.45) is 5.92 Å². The lowest BCUT2D eigenvalue weighted by Crippen LogP contribution is -2.57. The van der Waals surface area contributed by atoms with E-state index in [-0.39, 0.29) is 12.5 Å². The number of ether oxygens (including phenoxy) is 1. The molecule has 1 saturated heterocycles. The van der Waals surface area contributed by atoms with Gasteiger partial charge < -0.3 is 15.4 Å². The number of rotatable bonds is 4. The van der Waals surface area contributed by atoms with E-state index in [0.29, 0.717) is 12.1 Å². The summed E-state index contributed by atoms with van der Waals surface area (Å²) in [4.78, 5) is 11.3. The minimum absolute atomic E-state index is 0.0241. The van der Waals surface area contributed by atoms with Crippen LogP contribution in [0.2, 0.25) is 0 Å². The number of amides is 1. The van der Waals surface area contributed by atoms with Gasteiger partial charge in [0.25, 0.3) is 0 Å². The van der Waals surface area contributed by atoms with Crippen LogP contribution in [0.25, 0.3) is 0 Å². The fourth-order valence-electron chi connectivity index (χ4n) is 1.82. The molecular weight excluding hydrogens is 180 g/mol. The van der Waals surface area contributed by atoms with Crippen molar-refractivity contribution in [3.8, 4) is 0 Å². The number of hydrogen-bond acceptors (Lipinski definition) is 3. The van der Waals surface area contributed by atoms with Crippen LogP contribution in [-0.4, -0.2) is 37.7 Å². The summed E-state index contributed by atoms with van der Waals surface area (Å²) in [6.45, 7) is 4.23. The fraction of sp³-hybridized carbons (Fsp3) is 0.900. The Kier molecular flexibility index (Phi) is 3.03. The Labute approximate surface area is 84.4 Å². The number of hydrogen-bond donors (Lipinski definition) is 2. The summed E-state index contributed by atoms with van der Waals surface area (Å²) in [5.74, 6) is 0.801. The fourth-order valence-corrected chi connectivity index (χ4v) is 1.82. The molecule has 0 aromatic rings. The van der Waals surface area contributed by atoms with E-state index in [4.69, 9.17) is 4.74 Å². The highest BCUT2D eigenvalue weighted by Crippen LogP contribution is 2.28. The number of carbonyl (C=O) groups excluding carboxylic acids is 1. The monoisotopic (exact) mass is 198 g/mol. The maximum Gasteiger partial charge on any atom is 0.246 e. The van der Waals surface area contributed by atoms with Gasteiger partial charge in [0.15, 0.2) is 0 Å². The first-order valence-electron chi connectivity index (χ1n) is 5.35. The average molecular weight is 198 g/mol. The molecule has 0 aromatic carbocycles. The van der Waals surface area contributed by atoms with Crippen molar-refractivity contribution in [3.63, 3.8) is 0 Å². The lowest BCUT2D eigenvalue weighted by Gasteiger charge is -2.33. The Morgan fingerprint density at radius 3 is 2.71 bits per heavy atom. The summed E-state index contributed by atoms with van der Waals surface area (Å²) in [5.41, 5.74) is 0.